The molecule has 0 aromatic heterocycles. The lowest BCUT2D eigenvalue weighted by Crippen LogP contribution is -2.66. The van der Waals surface area contributed by atoms with Crippen molar-refractivity contribution in [1.29, 1.82) is 0 Å². The number of ether oxygens (including phenoxy) is 3. The van der Waals surface area contributed by atoms with Gasteiger partial charge in [-0.2, -0.15) is 0 Å². The number of hydrogen-bond acceptors (Lipinski definition) is 5. The summed E-state index contributed by atoms with van der Waals surface area (Å²) in [6.45, 7) is 7.05. The number of nitrogens with zero attached hydrogens (tertiary/aromatic N) is 2. The van der Waals surface area contributed by atoms with Crippen LogP contribution in [-0.2, 0) is 4.74 Å². The smallest absolute Gasteiger partial charge is 0.257 e. The normalized spacial score (nSPS) is 24.0. The largest absolute Gasteiger partial charge is 0.497 e. The molecule has 2 aliphatic heterocycles. The van der Waals surface area contributed by atoms with E-state index >= 15 is 0 Å². The molecule has 1 amide bonds. The average Bonchev–Trinajstić information content (AvgIpc) is 2.66. The number of piperidine rings is 1. The molecule has 0 spiro atoms. The minimum Gasteiger partial charge on any atom is -0.497 e. The zero-order chi connectivity index (χ0) is 19.6. The van der Waals surface area contributed by atoms with E-state index in [1.165, 1.54) is 0 Å². The van der Waals surface area contributed by atoms with Crippen molar-refractivity contribution in [2.75, 3.05) is 41.0 Å². The van der Waals surface area contributed by atoms with E-state index in [-0.39, 0.29) is 5.91 Å². The number of amides is 1. The summed E-state index contributed by atoms with van der Waals surface area (Å²) in [5.41, 5.74) is 0.596. The summed E-state index contributed by atoms with van der Waals surface area (Å²) in [5, 5.41) is 0. The molecule has 2 fully saturated rings. The van der Waals surface area contributed by atoms with E-state index in [0.29, 0.717) is 41.2 Å². The van der Waals surface area contributed by atoms with Crippen molar-refractivity contribution in [3.8, 4) is 11.5 Å². The first-order valence-electron chi connectivity index (χ1n) is 9.80. The van der Waals surface area contributed by atoms with Crippen LogP contribution in [-0.4, -0.2) is 74.9 Å². The molecular formula is C21H32N2O4. The van der Waals surface area contributed by atoms with Crippen LogP contribution < -0.4 is 9.47 Å². The molecule has 2 aliphatic rings. The lowest BCUT2D eigenvalue weighted by molar-refractivity contribution is -0.128. The standard InChI is InChI=1S/C21H32N2O4/c1-14(2)23-13-19(27-5)20(23)15-8-10-22(11-9-15)21(24)17-7-6-16(25-3)12-18(17)26-4/h6-7,12,14-15,19-20H,8-11,13H2,1-5H3/t19-,20-/m0/s1. The van der Waals surface area contributed by atoms with Crippen LogP contribution >= 0.6 is 0 Å². The zero-order valence-corrected chi connectivity index (χ0v) is 17.1. The summed E-state index contributed by atoms with van der Waals surface area (Å²) in [5.74, 6) is 1.86. The van der Waals surface area contributed by atoms with Gasteiger partial charge in [-0.05, 0) is 44.7 Å². The Morgan fingerprint density at radius 1 is 1.11 bits per heavy atom. The second-order valence-electron chi connectivity index (χ2n) is 7.75. The molecule has 0 bridgehead atoms. The maximum Gasteiger partial charge on any atom is 0.257 e. The van der Waals surface area contributed by atoms with Crippen LogP contribution in [0.3, 0.4) is 0 Å². The van der Waals surface area contributed by atoms with Crippen LogP contribution in [0.2, 0.25) is 0 Å². The summed E-state index contributed by atoms with van der Waals surface area (Å²) >= 11 is 0. The maximum atomic E-state index is 13.0. The van der Waals surface area contributed by atoms with Crippen molar-refractivity contribution in [2.45, 2.75) is 44.9 Å². The molecule has 6 heteroatoms. The van der Waals surface area contributed by atoms with Gasteiger partial charge in [-0.1, -0.05) is 0 Å². The summed E-state index contributed by atoms with van der Waals surface area (Å²) in [6, 6.07) is 6.37. The predicted molar refractivity (Wildman–Crippen MR) is 105 cm³/mol. The molecule has 2 saturated heterocycles. The van der Waals surface area contributed by atoms with E-state index in [2.05, 4.69) is 18.7 Å². The Hall–Kier alpha value is -1.79. The predicted octanol–water partition coefficient (Wildman–Crippen LogP) is 2.66. The van der Waals surface area contributed by atoms with Crippen LogP contribution in [0.1, 0.15) is 37.0 Å². The molecule has 0 radical (unpaired) electrons. The fourth-order valence-corrected chi connectivity index (χ4v) is 4.45. The summed E-state index contributed by atoms with van der Waals surface area (Å²) in [4.78, 5) is 17.5. The number of benzene rings is 1. The quantitative estimate of drug-likeness (QED) is 0.764. The molecule has 27 heavy (non-hydrogen) atoms. The zero-order valence-electron chi connectivity index (χ0n) is 17.1. The van der Waals surface area contributed by atoms with Gasteiger partial charge in [0, 0.05) is 44.9 Å². The van der Waals surface area contributed by atoms with Gasteiger partial charge in [0.05, 0.1) is 25.9 Å². The SMILES string of the molecule is COc1ccc(C(=O)N2CCC([C@H]3[C@@H](OC)CN3C(C)C)CC2)c(OC)c1. The number of rotatable bonds is 6. The molecule has 150 valence electrons. The van der Waals surface area contributed by atoms with Crippen molar-refractivity contribution in [2.24, 2.45) is 5.92 Å². The summed E-state index contributed by atoms with van der Waals surface area (Å²) in [7, 11) is 5.00. The molecule has 6 nitrogen and oxygen atoms in total. The molecule has 2 heterocycles. The van der Waals surface area contributed by atoms with E-state index in [4.69, 9.17) is 14.2 Å². The molecule has 0 saturated carbocycles. The van der Waals surface area contributed by atoms with Crippen LogP contribution in [0.25, 0.3) is 0 Å². The molecule has 1 aromatic rings. The van der Waals surface area contributed by atoms with Gasteiger partial charge in [0.1, 0.15) is 11.5 Å². The van der Waals surface area contributed by atoms with Crippen molar-refractivity contribution < 1.29 is 19.0 Å². The van der Waals surface area contributed by atoms with Crippen molar-refractivity contribution in [3.63, 3.8) is 0 Å². The first kappa shape index (κ1) is 20.0. The number of hydrogen-bond donors (Lipinski definition) is 0. The van der Waals surface area contributed by atoms with E-state index in [0.717, 1.165) is 32.5 Å². The average molecular weight is 376 g/mol. The third kappa shape index (κ3) is 3.92. The third-order valence-electron chi connectivity index (χ3n) is 6.07. The fraction of sp³-hybridized carbons (Fsp3) is 0.667. The Labute approximate surface area is 162 Å². The molecule has 3 rings (SSSR count). The van der Waals surface area contributed by atoms with Gasteiger partial charge in [-0.3, -0.25) is 9.69 Å². The van der Waals surface area contributed by atoms with Gasteiger partial charge in [0.25, 0.3) is 5.91 Å². The monoisotopic (exact) mass is 376 g/mol. The van der Waals surface area contributed by atoms with Crippen molar-refractivity contribution in [3.05, 3.63) is 23.8 Å². The van der Waals surface area contributed by atoms with E-state index < -0.39 is 0 Å². The van der Waals surface area contributed by atoms with Gasteiger partial charge in [0.2, 0.25) is 0 Å². The Kier molecular flexibility index (Phi) is 6.27. The Bertz CT molecular complexity index is 656. The summed E-state index contributed by atoms with van der Waals surface area (Å²) in [6.07, 6.45) is 2.34. The number of carbonyl (C=O) groups is 1. The molecular weight excluding hydrogens is 344 g/mol. The third-order valence-corrected chi connectivity index (χ3v) is 6.07. The highest BCUT2D eigenvalue weighted by molar-refractivity contribution is 5.97. The molecule has 0 unspecified atom stereocenters. The molecule has 2 atom stereocenters. The van der Waals surface area contributed by atoms with Crippen LogP contribution in [0.15, 0.2) is 18.2 Å². The highest BCUT2D eigenvalue weighted by Gasteiger charge is 2.45. The van der Waals surface area contributed by atoms with Gasteiger partial charge in [-0.15, -0.1) is 0 Å². The molecule has 0 aliphatic carbocycles. The van der Waals surface area contributed by atoms with Crippen LogP contribution in [0.4, 0.5) is 0 Å². The van der Waals surface area contributed by atoms with Gasteiger partial charge in [-0.25, -0.2) is 0 Å². The van der Waals surface area contributed by atoms with E-state index in [1.54, 1.807) is 32.4 Å². The van der Waals surface area contributed by atoms with Gasteiger partial charge >= 0.3 is 0 Å². The van der Waals surface area contributed by atoms with Crippen LogP contribution in [0, 0.1) is 5.92 Å². The van der Waals surface area contributed by atoms with Gasteiger partial charge < -0.3 is 19.1 Å². The Morgan fingerprint density at radius 2 is 1.81 bits per heavy atom. The summed E-state index contributed by atoms with van der Waals surface area (Å²) < 4.78 is 16.3. The molecule has 1 aromatic carbocycles. The van der Waals surface area contributed by atoms with Crippen LogP contribution in [0.5, 0.6) is 11.5 Å². The minimum atomic E-state index is 0.0329. The lowest BCUT2D eigenvalue weighted by Gasteiger charge is -2.54. The van der Waals surface area contributed by atoms with E-state index in [1.807, 2.05) is 12.0 Å². The number of methoxy groups -OCH3 is 3. The topological polar surface area (TPSA) is 51.2 Å². The van der Waals surface area contributed by atoms with E-state index in [9.17, 15) is 4.79 Å². The molecule has 0 N–H and O–H groups in total. The first-order chi connectivity index (χ1) is 13.0. The number of carbonyl (C=O) groups excluding carboxylic acids is 1. The fourth-order valence-electron chi connectivity index (χ4n) is 4.45. The van der Waals surface area contributed by atoms with Gasteiger partial charge in [0.15, 0.2) is 0 Å². The highest BCUT2D eigenvalue weighted by atomic mass is 16.5. The number of likely N-dealkylation sites (tertiary alicyclic amines) is 2. The first-order valence-corrected chi connectivity index (χ1v) is 9.80. The minimum absolute atomic E-state index is 0.0329. The maximum absolute atomic E-state index is 13.0. The Morgan fingerprint density at radius 3 is 2.37 bits per heavy atom. The van der Waals surface area contributed by atoms with Crippen molar-refractivity contribution >= 4 is 5.91 Å². The second kappa shape index (κ2) is 8.48. The van der Waals surface area contributed by atoms with Crippen molar-refractivity contribution in [1.82, 2.24) is 9.80 Å². The highest BCUT2D eigenvalue weighted by Crippen LogP contribution is 2.36. The lowest BCUT2D eigenvalue weighted by atomic mass is 9.79. The second-order valence-corrected chi connectivity index (χ2v) is 7.75. The Balaban J connectivity index is 1.64.